The van der Waals surface area contributed by atoms with Gasteiger partial charge in [0.25, 0.3) is 5.91 Å². The molecule has 0 radical (unpaired) electrons. The number of rotatable bonds is 3. The highest BCUT2D eigenvalue weighted by molar-refractivity contribution is 5.92. The SMILES string of the molecule is Cc1cc(C(=O)N2CCC(c3ccco3)C2)nn1-c1ccccc1F. The Morgan fingerprint density at radius 1 is 1.28 bits per heavy atom. The quantitative estimate of drug-likeness (QED) is 0.733. The first-order valence-electron chi connectivity index (χ1n) is 8.28. The molecular formula is C19H18FN3O2. The van der Waals surface area contributed by atoms with Crippen molar-refractivity contribution >= 4 is 5.91 Å². The summed E-state index contributed by atoms with van der Waals surface area (Å²) in [5.74, 6) is 0.621. The van der Waals surface area contributed by atoms with E-state index in [1.165, 1.54) is 10.7 Å². The van der Waals surface area contributed by atoms with E-state index in [0.717, 1.165) is 17.9 Å². The fraction of sp³-hybridized carbons (Fsp3) is 0.263. The molecule has 3 heterocycles. The van der Waals surface area contributed by atoms with Crippen LogP contribution in [0.5, 0.6) is 0 Å². The van der Waals surface area contributed by atoms with E-state index in [2.05, 4.69) is 5.10 Å². The Morgan fingerprint density at radius 2 is 2.12 bits per heavy atom. The minimum atomic E-state index is -0.369. The lowest BCUT2D eigenvalue weighted by Crippen LogP contribution is -2.28. The zero-order valence-electron chi connectivity index (χ0n) is 13.9. The molecule has 4 rings (SSSR count). The van der Waals surface area contributed by atoms with Crippen LogP contribution in [0.2, 0.25) is 0 Å². The third kappa shape index (κ3) is 2.84. The first-order valence-corrected chi connectivity index (χ1v) is 8.28. The molecule has 6 heteroatoms. The van der Waals surface area contributed by atoms with Crippen LogP contribution in [0.4, 0.5) is 4.39 Å². The zero-order valence-corrected chi connectivity index (χ0v) is 13.9. The Kier molecular flexibility index (Phi) is 3.87. The predicted octanol–water partition coefficient (Wildman–Crippen LogP) is 3.54. The van der Waals surface area contributed by atoms with Crippen LogP contribution in [-0.4, -0.2) is 33.7 Å². The number of amides is 1. The van der Waals surface area contributed by atoms with Crippen molar-refractivity contribution in [3.8, 4) is 5.69 Å². The van der Waals surface area contributed by atoms with Gasteiger partial charge in [-0.25, -0.2) is 9.07 Å². The van der Waals surface area contributed by atoms with Gasteiger partial charge in [-0.2, -0.15) is 5.10 Å². The molecule has 1 amide bonds. The molecule has 1 saturated heterocycles. The summed E-state index contributed by atoms with van der Waals surface area (Å²) in [5, 5.41) is 4.34. The second kappa shape index (κ2) is 6.20. The summed E-state index contributed by atoms with van der Waals surface area (Å²) in [6, 6.07) is 11.9. The molecular weight excluding hydrogens is 321 g/mol. The molecule has 1 fully saturated rings. The molecule has 0 aliphatic carbocycles. The number of para-hydroxylation sites is 1. The van der Waals surface area contributed by atoms with E-state index in [0.29, 0.717) is 24.5 Å². The summed E-state index contributed by atoms with van der Waals surface area (Å²) in [5.41, 5.74) is 1.39. The molecule has 0 bridgehead atoms. The second-order valence-corrected chi connectivity index (χ2v) is 6.29. The first-order chi connectivity index (χ1) is 12.1. The lowest BCUT2D eigenvalue weighted by atomic mass is 10.1. The standard InChI is InChI=1S/C19H18FN3O2/c1-13-11-16(21-23(13)17-6-3-2-5-15(17)20)19(24)22-9-8-14(12-22)18-7-4-10-25-18/h2-7,10-11,14H,8-9,12H2,1H3. The fourth-order valence-electron chi connectivity index (χ4n) is 3.31. The van der Waals surface area contributed by atoms with Crippen LogP contribution in [0.25, 0.3) is 5.69 Å². The van der Waals surface area contributed by atoms with Gasteiger partial charge in [-0.3, -0.25) is 4.79 Å². The van der Waals surface area contributed by atoms with Gasteiger partial charge in [0.15, 0.2) is 5.69 Å². The molecule has 25 heavy (non-hydrogen) atoms. The van der Waals surface area contributed by atoms with Crippen molar-refractivity contribution in [1.29, 1.82) is 0 Å². The van der Waals surface area contributed by atoms with Crippen LogP contribution >= 0.6 is 0 Å². The molecule has 3 aromatic rings. The Morgan fingerprint density at radius 3 is 2.88 bits per heavy atom. The van der Waals surface area contributed by atoms with Gasteiger partial charge >= 0.3 is 0 Å². The number of nitrogens with zero attached hydrogens (tertiary/aromatic N) is 3. The Balaban J connectivity index is 1.56. The number of aromatic nitrogens is 2. The van der Waals surface area contributed by atoms with Crippen molar-refractivity contribution in [3.05, 3.63) is 71.7 Å². The van der Waals surface area contributed by atoms with Gasteiger partial charge in [-0.15, -0.1) is 0 Å². The second-order valence-electron chi connectivity index (χ2n) is 6.29. The molecule has 1 aliphatic rings. The fourth-order valence-corrected chi connectivity index (χ4v) is 3.31. The number of halogens is 1. The summed E-state index contributed by atoms with van der Waals surface area (Å²) in [6.07, 6.45) is 2.52. The minimum Gasteiger partial charge on any atom is -0.469 e. The lowest BCUT2D eigenvalue weighted by molar-refractivity contribution is 0.0783. The average Bonchev–Trinajstić information content (AvgIpc) is 3.35. The molecule has 5 nitrogen and oxygen atoms in total. The summed E-state index contributed by atoms with van der Waals surface area (Å²) in [7, 11) is 0. The zero-order chi connectivity index (χ0) is 17.4. The van der Waals surface area contributed by atoms with E-state index < -0.39 is 0 Å². The number of aryl methyl sites for hydroxylation is 1. The van der Waals surface area contributed by atoms with Gasteiger partial charge in [0, 0.05) is 24.7 Å². The maximum Gasteiger partial charge on any atom is 0.274 e. The van der Waals surface area contributed by atoms with Crippen molar-refractivity contribution in [3.63, 3.8) is 0 Å². The van der Waals surface area contributed by atoms with Gasteiger partial charge in [0.05, 0.1) is 6.26 Å². The van der Waals surface area contributed by atoms with Gasteiger partial charge in [0.1, 0.15) is 17.3 Å². The number of furan rings is 1. The molecule has 2 aromatic heterocycles. The van der Waals surface area contributed by atoms with Gasteiger partial charge in [-0.1, -0.05) is 12.1 Å². The smallest absolute Gasteiger partial charge is 0.274 e. The number of benzene rings is 1. The van der Waals surface area contributed by atoms with Crippen molar-refractivity contribution in [1.82, 2.24) is 14.7 Å². The van der Waals surface area contributed by atoms with Crippen molar-refractivity contribution in [2.24, 2.45) is 0 Å². The molecule has 1 unspecified atom stereocenters. The van der Waals surface area contributed by atoms with E-state index in [1.807, 2.05) is 19.1 Å². The van der Waals surface area contributed by atoms with Gasteiger partial charge in [-0.05, 0) is 43.7 Å². The highest BCUT2D eigenvalue weighted by Crippen LogP contribution is 2.28. The van der Waals surface area contributed by atoms with Crippen molar-refractivity contribution < 1.29 is 13.6 Å². The van der Waals surface area contributed by atoms with Gasteiger partial charge in [0.2, 0.25) is 0 Å². The molecule has 0 spiro atoms. The monoisotopic (exact) mass is 339 g/mol. The summed E-state index contributed by atoms with van der Waals surface area (Å²) < 4.78 is 20.9. The highest BCUT2D eigenvalue weighted by atomic mass is 19.1. The number of carbonyl (C=O) groups is 1. The first kappa shape index (κ1) is 15.6. The molecule has 1 aliphatic heterocycles. The minimum absolute atomic E-state index is 0.132. The summed E-state index contributed by atoms with van der Waals surface area (Å²) in [6.45, 7) is 3.08. The van der Waals surface area contributed by atoms with E-state index in [4.69, 9.17) is 4.42 Å². The van der Waals surface area contributed by atoms with E-state index in [9.17, 15) is 9.18 Å². The third-order valence-electron chi connectivity index (χ3n) is 4.61. The van der Waals surface area contributed by atoms with Gasteiger partial charge < -0.3 is 9.32 Å². The van der Waals surface area contributed by atoms with E-state index in [1.54, 1.807) is 35.4 Å². The van der Waals surface area contributed by atoms with Crippen LogP contribution in [0, 0.1) is 12.7 Å². The van der Waals surface area contributed by atoms with Crippen LogP contribution in [0.15, 0.2) is 53.1 Å². The predicted molar refractivity (Wildman–Crippen MR) is 90.2 cm³/mol. The van der Waals surface area contributed by atoms with Crippen molar-refractivity contribution in [2.45, 2.75) is 19.3 Å². The molecule has 0 saturated carbocycles. The molecule has 0 N–H and O–H groups in total. The number of hydrogen-bond acceptors (Lipinski definition) is 3. The van der Waals surface area contributed by atoms with E-state index >= 15 is 0 Å². The van der Waals surface area contributed by atoms with Crippen LogP contribution in [-0.2, 0) is 0 Å². The highest BCUT2D eigenvalue weighted by Gasteiger charge is 2.30. The van der Waals surface area contributed by atoms with Crippen LogP contribution in [0.1, 0.15) is 34.3 Å². The summed E-state index contributed by atoms with van der Waals surface area (Å²) in [4.78, 5) is 14.5. The average molecular weight is 339 g/mol. The van der Waals surface area contributed by atoms with Crippen LogP contribution in [0.3, 0.4) is 0 Å². The maximum absolute atomic E-state index is 14.0. The Bertz CT molecular complexity index is 901. The van der Waals surface area contributed by atoms with Crippen molar-refractivity contribution in [2.75, 3.05) is 13.1 Å². The number of hydrogen-bond donors (Lipinski definition) is 0. The molecule has 1 aromatic carbocycles. The van der Waals surface area contributed by atoms with Crippen LogP contribution < -0.4 is 0 Å². The largest absolute Gasteiger partial charge is 0.469 e. The Hall–Kier alpha value is -2.89. The molecule has 128 valence electrons. The third-order valence-corrected chi connectivity index (χ3v) is 4.61. The number of carbonyl (C=O) groups excluding carboxylic acids is 1. The normalized spacial score (nSPS) is 17.2. The number of likely N-dealkylation sites (tertiary alicyclic amines) is 1. The van der Waals surface area contributed by atoms with E-state index in [-0.39, 0.29) is 17.6 Å². The topological polar surface area (TPSA) is 51.3 Å². The summed E-state index contributed by atoms with van der Waals surface area (Å²) >= 11 is 0. The Labute approximate surface area is 144 Å². The maximum atomic E-state index is 14.0. The lowest BCUT2D eigenvalue weighted by Gasteiger charge is -2.14. The molecule has 1 atom stereocenters.